The van der Waals surface area contributed by atoms with Crippen LogP contribution in [0.2, 0.25) is 0 Å². The van der Waals surface area contributed by atoms with Crippen molar-refractivity contribution >= 4 is 56.9 Å². The molecule has 3 rings (SSSR count). The summed E-state index contributed by atoms with van der Waals surface area (Å²) in [6.07, 6.45) is 5.85. The van der Waals surface area contributed by atoms with Crippen molar-refractivity contribution < 1.29 is 14.3 Å². The average Bonchev–Trinajstić information content (AvgIpc) is 3.30. The zero-order valence-corrected chi connectivity index (χ0v) is 19.9. The van der Waals surface area contributed by atoms with Gasteiger partial charge in [-0.15, -0.1) is 12.4 Å². The number of thioether (sulfide) groups is 1. The molecule has 2 amide bonds. The predicted molar refractivity (Wildman–Crippen MR) is 128 cm³/mol. The summed E-state index contributed by atoms with van der Waals surface area (Å²) >= 11 is 1.07. The molecule has 1 aromatic rings. The van der Waals surface area contributed by atoms with Crippen molar-refractivity contribution in [3.63, 3.8) is 0 Å². The molecule has 29 heavy (non-hydrogen) atoms. The van der Waals surface area contributed by atoms with E-state index in [1.54, 1.807) is 0 Å². The summed E-state index contributed by atoms with van der Waals surface area (Å²) in [6, 6.07) is 7.81. The number of carbonyl (C=O) groups excluding carboxylic acids is 2. The van der Waals surface area contributed by atoms with Crippen molar-refractivity contribution in [3.05, 3.63) is 29.8 Å². The summed E-state index contributed by atoms with van der Waals surface area (Å²) in [6.45, 7) is 2.70. The molecule has 0 spiro atoms. The third-order valence-electron chi connectivity index (χ3n) is 4.90. The van der Waals surface area contributed by atoms with E-state index >= 15 is 0 Å². The molecule has 5 nitrogen and oxygen atoms in total. The summed E-state index contributed by atoms with van der Waals surface area (Å²) < 4.78 is 5.84. The van der Waals surface area contributed by atoms with Gasteiger partial charge in [0.1, 0.15) is 12.4 Å². The van der Waals surface area contributed by atoms with Crippen molar-refractivity contribution in [1.82, 2.24) is 10.2 Å². The van der Waals surface area contributed by atoms with Crippen LogP contribution in [0.4, 0.5) is 4.79 Å². The van der Waals surface area contributed by atoms with Crippen LogP contribution in [0.3, 0.4) is 0 Å². The van der Waals surface area contributed by atoms with E-state index in [1.165, 1.54) is 31.4 Å². The maximum atomic E-state index is 11.6. The van der Waals surface area contributed by atoms with Crippen molar-refractivity contribution in [2.24, 2.45) is 0 Å². The second-order valence-electron chi connectivity index (χ2n) is 7.21. The van der Waals surface area contributed by atoms with Gasteiger partial charge in [-0.2, -0.15) is 0 Å². The van der Waals surface area contributed by atoms with Crippen LogP contribution < -0.4 is 10.1 Å². The molecule has 2 fully saturated rings. The summed E-state index contributed by atoms with van der Waals surface area (Å²) in [5.41, 5.74) is 1.03. The summed E-state index contributed by atoms with van der Waals surface area (Å²) in [7, 11) is 6.24. The maximum absolute atomic E-state index is 11.6. The fourth-order valence-electron chi connectivity index (χ4n) is 3.21. The van der Waals surface area contributed by atoms with Gasteiger partial charge in [0.15, 0.2) is 0 Å². The Morgan fingerprint density at radius 2 is 1.97 bits per heavy atom. The number of nitrogens with zero attached hydrogens (tertiary/aromatic N) is 1. The summed E-state index contributed by atoms with van der Waals surface area (Å²) in [5, 5.41) is 2.63. The van der Waals surface area contributed by atoms with Crippen molar-refractivity contribution in [1.29, 1.82) is 0 Å². The lowest BCUT2D eigenvalue weighted by molar-refractivity contribution is -0.118. The smallest absolute Gasteiger partial charge is 0.286 e. The number of benzene rings is 1. The molecule has 0 bridgehead atoms. The Kier molecular flexibility index (Phi) is 11.1. The molecule has 0 saturated carbocycles. The molecular formula is C20H29ClN2O3S3. The number of carbonyl (C=O) groups is 2. The Balaban J connectivity index is 0.00000300. The number of likely N-dealkylation sites (N-methyl/N-ethyl adjacent to an activating group) is 1. The van der Waals surface area contributed by atoms with Gasteiger partial charge in [-0.05, 0) is 57.0 Å². The molecule has 162 valence electrons. The lowest BCUT2D eigenvalue weighted by Gasteiger charge is -2.17. The molecule has 2 aliphatic heterocycles. The molecule has 2 aliphatic rings. The van der Waals surface area contributed by atoms with Crippen molar-refractivity contribution in [3.8, 4) is 5.75 Å². The highest BCUT2D eigenvalue weighted by atomic mass is 35.5. The Morgan fingerprint density at radius 1 is 1.17 bits per heavy atom. The molecule has 1 aromatic carbocycles. The highest BCUT2D eigenvalue weighted by Crippen LogP contribution is 2.39. The Hall–Kier alpha value is -0.540. The normalized spacial score (nSPS) is 21.3. The zero-order valence-electron chi connectivity index (χ0n) is 16.6. The average molecular weight is 477 g/mol. The van der Waals surface area contributed by atoms with Crippen LogP contribution in [0.15, 0.2) is 24.3 Å². The van der Waals surface area contributed by atoms with Crippen LogP contribution in [-0.4, -0.2) is 59.0 Å². The fourth-order valence-corrected chi connectivity index (χ4v) is 7.10. The van der Waals surface area contributed by atoms with Crippen molar-refractivity contribution in [2.75, 3.05) is 32.5 Å². The number of ether oxygens (including phenoxy) is 1. The van der Waals surface area contributed by atoms with Gasteiger partial charge in [-0.3, -0.25) is 14.9 Å². The van der Waals surface area contributed by atoms with Crippen LogP contribution >= 0.6 is 45.8 Å². The van der Waals surface area contributed by atoms with Crippen LogP contribution in [-0.2, 0) is 11.2 Å². The molecule has 2 atom stereocenters. The first-order valence-corrected chi connectivity index (χ1v) is 13.1. The molecule has 9 heteroatoms. The van der Waals surface area contributed by atoms with Crippen LogP contribution in [0.5, 0.6) is 5.75 Å². The van der Waals surface area contributed by atoms with Crippen LogP contribution in [0.25, 0.3) is 0 Å². The zero-order chi connectivity index (χ0) is 19.8. The summed E-state index contributed by atoms with van der Waals surface area (Å²) in [5.74, 6) is 1.97. The number of amides is 2. The number of unbranched alkanes of at least 4 members (excludes halogenated alkanes) is 1. The van der Waals surface area contributed by atoms with Gasteiger partial charge in [0.2, 0.25) is 5.91 Å². The highest BCUT2D eigenvalue weighted by molar-refractivity contribution is 8.77. The second kappa shape index (κ2) is 13.0. The van der Waals surface area contributed by atoms with E-state index in [2.05, 4.69) is 28.1 Å². The molecular weight excluding hydrogens is 448 g/mol. The SMILES string of the molecule is CN(CCCCC1CCSS1)CCOc1ccc(CC2SC(=O)NC2=O)cc1.Cl. The van der Waals surface area contributed by atoms with Gasteiger partial charge < -0.3 is 9.64 Å². The van der Waals surface area contributed by atoms with E-state index in [0.29, 0.717) is 13.0 Å². The van der Waals surface area contributed by atoms with E-state index in [1.807, 2.05) is 35.1 Å². The fraction of sp³-hybridized carbons (Fsp3) is 0.600. The van der Waals surface area contributed by atoms with Gasteiger partial charge >= 0.3 is 0 Å². The van der Waals surface area contributed by atoms with Gasteiger partial charge in [-0.25, -0.2) is 0 Å². The number of imide groups is 1. The predicted octanol–water partition coefficient (Wildman–Crippen LogP) is 4.64. The van der Waals surface area contributed by atoms with Gasteiger partial charge in [-0.1, -0.05) is 51.9 Å². The second-order valence-corrected chi connectivity index (χ2v) is 11.2. The van der Waals surface area contributed by atoms with Crippen LogP contribution in [0.1, 0.15) is 31.2 Å². The van der Waals surface area contributed by atoms with Gasteiger partial charge in [0.25, 0.3) is 5.24 Å². The maximum Gasteiger partial charge on any atom is 0.286 e. The molecule has 2 unspecified atom stereocenters. The molecule has 0 aromatic heterocycles. The lowest BCUT2D eigenvalue weighted by atomic mass is 10.1. The van der Waals surface area contributed by atoms with E-state index in [4.69, 9.17) is 4.74 Å². The van der Waals surface area contributed by atoms with E-state index in [-0.39, 0.29) is 28.8 Å². The number of halogens is 1. The largest absolute Gasteiger partial charge is 0.492 e. The molecule has 0 radical (unpaired) electrons. The monoisotopic (exact) mass is 476 g/mol. The number of rotatable bonds is 11. The Morgan fingerprint density at radius 3 is 2.62 bits per heavy atom. The Labute approximate surface area is 191 Å². The minimum Gasteiger partial charge on any atom is -0.492 e. The number of hydrogen-bond acceptors (Lipinski definition) is 7. The van der Waals surface area contributed by atoms with E-state index < -0.39 is 0 Å². The number of nitrogens with one attached hydrogen (secondary N) is 1. The topological polar surface area (TPSA) is 58.6 Å². The molecule has 2 saturated heterocycles. The molecule has 2 heterocycles. The number of hydrogen-bond donors (Lipinski definition) is 1. The first-order chi connectivity index (χ1) is 13.6. The first kappa shape index (κ1) is 24.7. The third-order valence-corrected chi connectivity index (χ3v) is 8.88. The standard InChI is InChI=1S/C20H28N2O3S3.ClH/c1-22(10-3-2-4-17-9-13-26-28-17)11-12-25-16-7-5-15(6-8-16)14-18-19(23)21-20(24)27-18;/h5-8,17-18H,2-4,9-14H2,1H3,(H,21,23,24);1H. The minimum absolute atomic E-state index is 0. The van der Waals surface area contributed by atoms with Crippen molar-refractivity contribution in [2.45, 2.75) is 42.6 Å². The first-order valence-electron chi connectivity index (χ1n) is 9.80. The quantitative estimate of drug-likeness (QED) is 0.369. The lowest BCUT2D eigenvalue weighted by Crippen LogP contribution is -2.25. The van der Waals surface area contributed by atoms with Crippen LogP contribution in [0, 0.1) is 0 Å². The summed E-state index contributed by atoms with van der Waals surface area (Å²) in [4.78, 5) is 25.2. The van der Waals surface area contributed by atoms with E-state index in [9.17, 15) is 9.59 Å². The molecule has 0 aliphatic carbocycles. The van der Waals surface area contributed by atoms with Gasteiger partial charge in [0, 0.05) is 17.5 Å². The highest BCUT2D eigenvalue weighted by Gasteiger charge is 2.31. The van der Waals surface area contributed by atoms with E-state index in [0.717, 1.165) is 41.4 Å². The minimum atomic E-state index is -0.320. The van der Waals surface area contributed by atoms with Gasteiger partial charge in [0.05, 0.1) is 5.25 Å². The molecule has 1 N–H and O–H groups in total. The Bertz CT molecular complexity index is 657. The third kappa shape index (κ3) is 8.61.